The van der Waals surface area contributed by atoms with Crippen molar-refractivity contribution < 1.29 is 14.3 Å². The van der Waals surface area contributed by atoms with Crippen molar-refractivity contribution in [1.29, 1.82) is 0 Å². The van der Waals surface area contributed by atoms with Crippen LogP contribution >= 0.6 is 0 Å². The Balaban J connectivity index is 1.62. The van der Waals surface area contributed by atoms with Crippen LogP contribution in [0, 0.1) is 5.92 Å². The van der Waals surface area contributed by atoms with E-state index in [4.69, 9.17) is 14.5 Å². The molecule has 1 heterocycles. The lowest BCUT2D eigenvalue weighted by Gasteiger charge is -2.14. The maximum atomic E-state index is 12.3. The summed E-state index contributed by atoms with van der Waals surface area (Å²) in [5, 5.41) is 3.08. The molecule has 2 aromatic carbocycles. The van der Waals surface area contributed by atoms with E-state index in [-0.39, 0.29) is 11.8 Å². The first-order chi connectivity index (χ1) is 16.6. The van der Waals surface area contributed by atoms with Crippen molar-refractivity contribution in [2.75, 3.05) is 20.3 Å². The van der Waals surface area contributed by atoms with Crippen molar-refractivity contribution in [2.45, 2.75) is 52.5 Å². The van der Waals surface area contributed by atoms with Gasteiger partial charge in [0.1, 0.15) is 5.82 Å². The summed E-state index contributed by atoms with van der Waals surface area (Å²) in [7, 11) is 1.66. The molecular formula is C28H37N3O3. The number of hydrogen-bond donors (Lipinski definition) is 1. The van der Waals surface area contributed by atoms with Crippen molar-refractivity contribution in [1.82, 2.24) is 14.9 Å². The molecule has 0 aliphatic heterocycles. The zero-order valence-corrected chi connectivity index (χ0v) is 20.7. The predicted octanol–water partition coefficient (Wildman–Crippen LogP) is 5.34. The number of nitrogens with one attached hydrogen (secondary N) is 1. The highest BCUT2D eigenvalue weighted by Crippen LogP contribution is 2.28. The Morgan fingerprint density at radius 2 is 1.97 bits per heavy atom. The maximum absolute atomic E-state index is 12.3. The van der Waals surface area contributed by atoms with Crippen LogP contribution in [0.5, 0.6) is 11.5 Å². The smallest absolute Gasteiger partial charge is 0.223 e. The number of rotatable bonds is 14. The second-order valence-electron chi connectivity index (χ2n) is 8.40. The molecule has 0 saturated heterocycles. The van der Waals surface area contributed by atoms with E-state index in [1.54, 1.807) is 7.11 Å². The molecule has 6 heteroatoms. The van der Waals surface area contributed by atoms with Gasteiger partial charge in [-0.3, -0.25) is 4.79 Å². The topological polar surface area (TPSA) is 65.4 Å². The lowest BCUT2D eigenvalue weighted by atomic mass is 10.0. The van der Waals surface area contributed by atoms with Crippen molar-refractivity contribution in [3.63, 3.8) is 0 Å². The highest BCUT2D eigenvalue weighted by molar-refractivity contribution is 5.78. The van der Waals surface area contributed by atoms with Crippen LogP contribution in [0.25, 0.3) is 11.0 Å². The van der Waals surface area contributed by atoms with Gasteiger partial charge < -0.3 is 19.4 Å². The van der Waals surface area contributed by atoms with Gasteiger partial charge in [-0.15, -0.1) is 6.58 Å². The molecule has 3 rings (SSSR count). The van der Waals surface area contributed by atoms with Crippen LogP contribution in [0.2, 0.25) is 0 Å². The largest absolute Gasteiger partial charge is 0.493 e. The molecule has 1 amide bonds. The molecule has 0 aliphatic carbocycles. The Hall–Kier alpha value is -3.28. The number of amides is 1. The zero-order valence-electron chi connectivity index (χ0n) is 20.7. The van der Waals surface area contributed by atoms with Crippen molar-refractivity contribution in [3.8, 4) is 11.5 Å². The highest BCUT2D eigenvalue weighted by atomic mass is 16.5. The molecule has 0 bridgehead atoms. The molecule has 0 atom stereocenters. The van der Waals surface area contributed by atoms with Gasteiger partial charge in [0.25, 0.3) is 0 Å². The van der Waals surface area contributed by atoms with E-state index in [1.807, 2.05) is 42.5 Å². The number of benzene rings is 2. The summed E-state index contributed by atoms with van der Waals surface area (Å²) < 4.78 is 13.8. The minimum absolute atomic E-state index is 0.0822. The van der Waals surface area contributed by atoms with E-state index in [0.717, 1.165) is 66.1 Å². The Labute approximate surface area is 203 Å². The van der Waals surface area contributed by atoms with Crippen molar-refractivity contribution >= 4 is 16.9 Å². The number of aromatic nitrogens is 2. The van der Waals surface area contributed by atoms with Crippen LogP contribution in [-0.2, 0) is 24.2 Å². The van der Waals surface area contributed by atoms with Gasteiger partial charge in [0.2, 0.25) is 5.91 Å². The summed E-state index contributed by atoms with van der Waals surface area (Å²) >= 11 is 0. The molecule has 0 saturated carbocycles. The first-order valence-corrected chi connectivity index (χ1v) is 12.2. The molecule has 1 N–H and O–H groups in total. The summed E-state index contributed by atoms with van der Waals surface area (Å²) in [5.41, 5.74) is 3.23. The van der Waals surface area contributed by atoms with Gasteiger partial charge in [0.05, 0.1) is 24.8 Å². The molecule has 1 aromatic heterocycles. The van der Waals surface area contributed by atoms with E-state index in [9.17, 15) is 4.79 Å². The summed E-state index contributed by atoms with van der Waals surface area (Å²) in [4.78, 5) is 17.2. The Kier molecular flexibility index (Phi) is 9.56. The van der Waals surface area contributed by atoms with Crippen LogP contribution in [0.15, 0.2) is 55.1 Å². The minimum Gasteiger partial charge on any atom is -0.493 e. The average molecular weight is 464 g/mol. The fourth-order valence-electron chi connectivity index (χ4n) is 4.20. The number of allylic oxidation sites excluding steroid dienone is 1. The third-order valence-electron chi connectivity index (χ3n) is 6.13. The normalized spacial score (nSPS) is 11.1. The molecule has 0 unspecified atom stereocenters. The van der Waals surface area contributed by atoms with Crippen LogP contribution in [0.1, 0.15) is 44.5 Å². The number of para-hydroxylation sites is 2. The number of ether oxygens (including phenoxy) is 2. The highest BCUT2D eigenvalue weighted by Gasteiger charge is 2.15. The Morgan fingerprint density at radius 1 is 1.18 bits per heavy atom. The van der Waals surface area contributed by atoms with Gasteiger partial charge in [0.15, 0.2) is 11.5 Å². The van der Waals surface area contributed by atoms with E-state index in [2.05, 4.69) is 36.4 Å². The number of carbonyl (C=O) groups excluding carboxylic acids is 1. The van der Waals surface area contributed by atoms with E-state index in [1.165, 1.54) is 0 Å². The van der Waals surface area contributed by atoms with Crippen molar-refractivity contribution in [2.24, 2.45) is 5.92 Å². The molecule has 0 spiro atoms. The summed E-state index contributed by atoms with van der Waals surface area (Å²) in [6, 6.07) is 14.2. The van der Waals surface area contributed by atoms with E-state index in [0.29, 0.717) is 19.6 Å². The SMILES string of the molecule is C=CCc1ccc(OCCCn2c(CCNC(=O)C(CC)CC)nc3ccccc32)c(OC)c1. The van der Waals surface area contributed by atoms with Crippen LogP contribution in [0.3, 0.4) is 0 Å². The third kappa shape index (κ3) is 6.40. The van der Waals surface area contributed by atoms with E-state index < -0.39 is 0 Å². The number of carbonyl (C=O) groups is 1. The third-order valence-corrected chi connectivity index (χ3v) is 6.13. The Bertz CT molecular complexity index is 1090. The standard InChI is InChI=1S/C28H37N3O3/c1-5-11-21-14-15-25(26(20-21)33-4)34-19-10-18-31-24-13-9-8-12-23(24)30-27(31)16-17-29-28(32)22(6-2)7-3/h5,8-9,12-15,20,22H,1,6-7,10-11,16-19H2,2-4H3,(H,29,32). The summed E-state index contributed by atoms with van der Waals surface area (Å²) in [6.45, 7) is 9.84. The van der Waals surface area contributed by atoms with Gasteiger partial charge >= 0.3 is 0 Å². The average Bonchev–Trinajstić information content (AvgIpc) is 3.20. The van der Waals surface area contributed by atoms with Gasteiger partial charge in [-0.25, -0.2) is 4.98 Å². The summed E-state index contributed by atoms with van der Waals surface area (Å²) in [5.74, 6) is 2.68. The van der Waals surface area contributed by atoms with Gasteiger partial charge in [-0.05, 0) is 55.5 Å². The second kappa shape index (κ2) is 12.8. The lowest BCUT2D eigenvalue weighted by Crippen LogP contribution is -2.32. The molecule has 34 heavy (non-hydrogen) atoms. The molecule has 0 fully saturated rings. The lowest BCUT2D eigenvalue weighted by molar-refractivity contribution is -0.125. The number of hydrogen-bond acceptors (Lipinski definition) is 4. The van der Waals surface area contributed by atoms with Crippen LogP contribution in [0.4, 0.5) is 0 Å². The first-order valence-electron chi connectivity index (χ1n) is 12.2. The predicted molar refractivity (Wildman–Crippen MR) is 138 cm³/mol. The molecule has 0 aliphatic rings. The maximum Gasteiger partial charge on any atom is 0.223 e. The fourth-order valence-corrected chi connectivity index (χ4v) is 4.20. The van der Waals surface area contributed by atoms with Gasteiger partial charge in [0, 0.05) is 25.4 Å². The molecule has 0 radical (unpaired) electrons. The van der Waals surface area contributed by atoms with Gasteiger partial charge in [-0.2, -0.15) is 0 Å². The monoisotopic (exact) mass is 463 g/mol. The van der Waals surface area contributed by atoms with Crippen molar-refractivity contribution in [3.05, 3.63) is 66.5 Å². The Morgan fingerprint density at radius 3 is 2.71 bits per heavy atom. The molecule has 6 nitrogen and oxygen atoms in total. The van der Waals surface area contributed by atoms with Gasteiger partial charge in [-0.1, -0.05) is 38.1 Å². The van der Waals surface area contributed by atoms with E-state index >= 15 is 0 Å². The number of nitrogens with zero attached hydrogens (tertiary/aromatic N) is 2. The fraction of sp³-hybridized carbons (Fsp3) is 0.429. The number of aryl methyl sites for hydroxylation is 1. The first kappa shape index (κ1) is 25.3. The summed E-state index contributed by atoms with van der Waals surface area (Å²) in [6.07, 6.45) is 5.92. The molecular weight excluding hydrogens is 426 g/mol. The number of imidazole rings is 1. The number of fused-ring (bicyclic) bond motifs is 1. The van der Waals surface area contributed by atoms with Crippen LogP contribution < -0.4 is 14.8 Å². The second-order valence-corrected chi connectivity index (χ2v) is 8.40. The quantitative estimate of drug-likeness (QED) is 0.259. The number of methoxy groups -OCH3 is 1. The zero-order chi connectivity index (χ0) is 24.3. The minimum atomic E-state index is 0.0822. The molecule has 182 valence electrons. The van der Waals surface area contributed by atoms with Crippen LogP contribution in [-0.4, -0.2) is 35.7 Å². The molecule has 3 aromatic rings.